The van der Waals surface area contributed by atoms with Gasteiger partial charge < -0.3 is 19.5 Å². The lowest BCUT2D eigenvalue weighted by Gasteiger charge is -2.14. The van der Waals surface area contributed by atoms with E-state index in [0.29, 0.717) is 17.2 Å². The number of hydrogen-bond acceptors (Lipinski definition) is 4. The molecule has 0 spiro atoms. The molecule has 25 heavy (non-hydrogen) atoms. The Balaban J connectivity index is 1.65. The van der Waals surface area contributed by atoms with E-state index >= 15 is 0 Å². The summed E-state index contributed by atoms with van der Waals surface area (Å²) in [7, 11) is 0. The van der Waals surface area contributed by atoms with Gasteiger partial charge in [0.05, 0.1) is 11.3 Å². The molecule has 0 bridgehead atoms. The van der Waals surface area contributed by atoms with Gasteiger partial charge in [-0.15, -0.1) is 0 Å². The van der Waals surface area contributed by atoms with Gasteiger partial charge in [-0.1, -0.05) is 15.9 Å². The van der Waals surface area contributed by atoms with Crippen molar-refractivity contribution in [3.8, 4) is 17.2 Å². The third-order valence-electron chi connectivity index (χ3n) is 3.28. The van der Waals surface area contributed by atoms with Crippen LogP contribution in [0.1, 0.15) is 5.56 Å². The third-order valence-corrected chi connectivity index (χ3v) is 3.77. The van der Waals surface area contributed by atoms with E-state index in [9.17, 15) is 18.0 Å². The second-order valence-electron chi connectivity index (χ2n) is 5.04. The quantitative estimate of drug-likeness (QED) is 0.809. The van der Waals surface area contributed by atoms with Crippen LogP contribution in [0.2, 0.25) is 0 Å². The van der Waals surface area contributed by atoms with Crippen molar-refractivity contribution in [2.24, 2.45) is 0 Å². The van der Waals surface area contributed by atoms with Gasteiger partial charge in [0.2, 0.25) is 6.79 Å². The van der Waals surface area contributed by atoms with Crippen LogP contribution in [0.5, 0.6) is 17.2 Å². The summed E-state index contributed by atoms with van der Waals surface area (Å²) >= 11 is 2.98. The smallest absolute Gasteiger partial charge is 0.418 e. The lowest BCUT2D eigenvalue weighted by molar-refractivity contribution is -0.137. The lowest BCUT2D eigenvalue weighted by atomic mass is 10.1. The minimum absolute atomic E-state index is 0.100. The molecular formula is C16H11BrF3NO4. The van der Waals surface area contributed by atoms with Crippen LogP contribution in [0.15, 0.2) is 40.9 Å². The normalized spacial score (nSPS) is 12.8. The Kier molecular flexibility index (Phi) is 4.76. The molecule has 0 aliphatic carbocycles. The monoisotopic (exact) mass is 417 g/mol. The number of amides is 1. The number of carbonyl (C=O) groups excluding carboxylic acids is 1. The van der Waals surface area contributed by atoms with Crippen molar-refractivity contribution in [2.75, 3.05) is 18.7 Å². The summed E-state index contributed by atoms with van der Waals surface area (Å²) in [5.41, 5.74) is -1.28. The molecule has 9 heteroatoms. The van der Waals surface area contributed by atoms with Crippen molar-refractivity contribution >= 4 is 27.5 Å². The van der Waals surface area contributed by atoms with E-state index in [-0.39, 0.29) is 17.0 Å². The van der Waals surface area contributed by atoms with E-state index in [0.717, 1.165) is 6.07 Å². The Bertz CT molecular complexity index is 810. The number of rotatable bonds is 4. The van der Waals surface area contributed by atoms with Crippen LogP contribution in [0.25, 0.3) is 0 Å². The minimum atomic E-state index is -4.59. The number of nitrogens with one attached hydrogen (secondary N) is 1. The van der Waals surface area contributed by atoms with Gasteiger partial charge in [0.25, 0.3) is 5.91 Å². The molecule has 0 aromatic heterocycles. The Morgan fingerprint density at radius 3 is 2.68 bits per heavy atom. The highest BCUT2D eigenvalue weighted by Gasteiger charge is 2.34. The van der Waals surface area contributed by atoms with Crippen LogP contribution in [0.4, 0.5) is 18.9 Å². The average molecular weight is 418 g/mol. The Hall–Kier alpha value is -2.42. The summed E-state index contributed by atoms with van der Waals surface area (Å²) in [5.74, 6) is 0.656. The van der Waals surface area contributed by atoms with E-state index in [1.165, 1.54) is 18.2 Å². The van der Waals surface area contributed by atoms with E-state index in [2.05, 4.69) is 21.2 Å². The van der Waals surface area contributed by atoms with E-state index in [4.69, 9.17) is 14.2 Å². The molecule has 2 aromatic carbocycles. The van der Waals surface area contributed by atoms with Crippen LogP contribution in [0, 0.1) is 0 Å². The number of benzene rings is 2. The highest BCUT2D eigenvalue weighted by molar-refractivity contribution is 9.10. The van der Waals surface area contributed by atoms with Crippen molar-refractivity contribution in [1.29, 1.82) is 0 Å². The summed E-state index contributed by atoms with van der Waals surface area (Å²) in [5, 5.41) is 2.21. The number of fused-ring (bicyclic) bond motifs is 1. The van der Waals surface area contributed by atoms with Crippen LogP contribution in [-0.4, -0.2) is 19.3 Å². The molecule has 5 nitrogen and oxygen atoms in total. The molecule has 1 N–H and O–H groups in total. The number of halogens is 4. The zero-order valence-electron chi connectivity index (χ0n) is 12.5. The number of hydrogen-bond donors (Lipinski definition) is 1. The summed E-state index contributed by atoms with van der Waals surface area (Å²) in [4.78, 5) is 11.9. The third kappa shape index (κ3) is 4.16. The van der Waals surface area contributed by atoms with Crippen molar-refractivity contribution in [3.05, 3.63) is 46.4 Å². The summed E-state index contributed by atoms with van der Waals surface area (Å²) in [6.45, 7) is -0.351. The number of anilines is 1. The van der Waals surface area contributed by atoms with Gasteiger partial charge in [-0.25, -0.2) is 0 Å². The first kappa shape index (κ1) is 17.4. The van der Waals surface area contributed by atoms with Crippen LogP contribution >= 0.6 is 15.9 Å². The predicted molar refractivity (Wildman–Crippen MR) is 85.8 cm³/mol. The number of ether oxygens (including phenoxy) is 3. The number of alkyl halides is 3. The summed E-state index contributed by atoms with van der Waals surface area (Å²) in [6, 6.07) is 8.20. The predicted octanol–water partition coefficient (Wildman–Crippen LogP) is 4.21. The fourth-order valence-corrected chi connectivity index (χ4v) is 2.52. The molecule has 1 aliphatic rings. The zero-order valence-corrected chi connectivity index (χ0v) is 14.1. The Labute approximate surface area is 148 Å². The number of carbonyl (C=O) groups is 1. The molecule has 2 aromatic rings. The highest BCUT2D eigenvalue weighted by Crippen LogP contribution is 2.37. The molecule has 132 valence electrons. The van der Waals surface area contributed by atoms with Gasteiger partial charge in [-0.05, 0) is 30.3 Å². The Morgan fingerprint density at radius 2 is 1.92 bits per heavy atom. The molecule has 0 atom stereocenters. The largest absolute Gasteiger partial charge is 0.484 e. The van der Waals surface area contributed by atoms with Gasteiger partial charge in [0, 0.05) is 10.5 Å². The van der Waals surface area contributed by atoms with Crippen molar-refractivity contribution in [1.82, 2.24) is 0 Å². The van der Waals surface area contributed by atoms with E-state index in [1.807, 2.05) is 0 Å². The van der Waals surface area contributed by atoms with E-state index in [1.54, 1.807) is 12.1 Å². The highest BCUT2D eigenvalue weighted by atomic mass is 79.9. The molecule has 1 amide bonds. The molecule has 3 rings (SSSR count). The maximum absolute atomic E-state index is 13.0. The molecule has 0 unspecified atom stereocenters. The summed E-state index contributed by atoms with van der Waals surface area (Å²) < 4.78 is 54.9. The first-order valence-electron chi connectivity index (χ1n) is 7.02. The van der Waals surface area contributed by atoms with Gasteiger partial charge in [-0.3, -0.25) is 4.79 Å². The maximum Gasteiger partial charge on any atom is 0.418 e. The van der Waals surface area contributed by atoms with Crippen LogP contribution in [-0.2, 0) is 11.0 Å². The Morgan fingerprint density at radius 1 is 1.16 bits per heavy atom. The molecule has 1 heterocycles. The first-order chi connectivity index (χ1) is 11.8. The molecule has 1 aliphatic heterocycles. The molecule has 0 saturated heterocycles. The van der Waals surface area contributed by atoms with Gasteiger partial charge in [-0.2, -0.15) is 13.2 Å². The van der Waals surface area contributed by atoms with Crippen molar-refractivity contribution in [3.63, 3.8) is 0 Å². The van der Waals surface area contributed by atoms with Crippen molar-refractivity contribution < 1.29 is 32.2 Å². The molecule has 0 fully saturated rings. The SMILES string of the molecule is O=C(COc1ccc2c(c1)OCO2)Nc1ccc(Br)cc1C(F)(F)F. The second-order valence-corrected chi connectivity index (χ2v) is 5.96. The maximum atomic E-state index is 13.0. The lowest BCUT2D eigenvalue weighted by Crippen LogP contribution is -2.22. The minimum Gasteiger partial charge on any atom is -0.484 e. The van der Waals surface area contributed by atoms with Gasteiger partial charge >= 0.3 is 6.18 Å². The van der Waals surface area contributed by atoms with Crippen molar-refractivity contribution in [2.45, 2.75) is 6.18 Å². The fourth-order valence-electron chi connectivity index (χ4n) is 2.16. The fraction of sp³-hybridized carbons (Fsp3) is 0.188. The van der Waals surface area contributed by atoms with Crippen LogP contribution < -0.4 is 19.5 Å². The molecule has 0 saturated carbocycles. The standard InChI is InChI=1S/C16H11BrF3NO4/c17-9-1-3-12(11(5-9)16(18,19)20)21-15(22)7-23-10-2-4-13-14(6-10)25-8-24-13/h1-6H,7-8H2,(H,21,22). The topological polar surface area (TPSA) is 56.8 Å². The van der Waals surface area contributed by atoms with Crippen LogP contribution in [0.3, 0.4) is 0 Å². The van der Waals surface area contributed by atoms with E-state index < -0.39 is 24.3 Å². The average Bonchev–Trinajstić information content (AvgIpc) is 3.01. The zero-order chi connectivity index (χ0) is 18.0. The first-order valence-corrected chi connectivity index (χ1v) is 7.81. The van der Waals surface area contributed by atoms with Gasteiger partial charge in [0.15, 0.2) is 18.1 Å². The molecule has 0 radical (unpaired) electrons. The summed E-state index contributed by atoms with van der Waals surface area (Å²) in [6.07, 6.45) is -4.59. The second kappa shape index (κ2) is 6.83. The molecular weight excluding hydrogens is 407 g/mol. The van der Waals surface area contributed by atoms with Gasteiger partial charge in [0.1, 0.15) is 5.75 Å².